The van der Waals surface area contributed by atoms with E-state index in [1.165, 1.54) is 24.7 Å². The van der Waals surface area contributed by atoms with Crippen LogP contribution < -0.4 is 0 Å². The molecule has 0 spiro atoms. The van der Waals surface area contributed by atoms with Crippen LogP contribution >= 0.6 is 0 Å². The summed E-state index contributed by atoms with van der Waals surface area (Å²) in [5.41, 5.74) is 1.51. The fourth-order valence-corrected chi connectivity index (χ4v) is 5.49. The van der Waals surface area contributed by atoms with Crippen LogP contribution in [0.3, 0.4) is 0 Å². The third-order valence-electron chi connectivity index (χ3n) is 6.91. The van der Waals surface area contributed by atoms with Gasteiger partial charge in [-0.25, -0.2) is 0 Å². The summed E-state index contributed by atoms with van der Waals surface area (Å²) in [6.07, 6.45) is 10.1. The number of carbonyl (C=O) groups excluding carboxylic acids is 1. The van der Waals surface area contributed by atoms with Crippen LogP contribution in [0, 0.1) is 28.6 Å². The monoisotopic (exact) mass is 306 g/mol. The van der Waals surface area contributed by atoms with Crippen LogP contribution in [0.1, 0.15) is 72.1 Å². The van der Waals surface area contributed by atoms with Gasteiger partial charge in [0, 0.05) is 12.0 Å². The van der Waals surface area contributed by atoms with Gasteiger partial charge in [-0.1, -0.05) is 45.8 Å². The molecule has 0 bridgehead atoms. The van der Waals surface area contributed by atoms with Crippen LogP contribution in [-0.4, -0.2) is 18.0 Å². The first-order chi connectivity index (χ1) is 10.4. The molecule has 22 heavy (non-hydrogen) atoms. The number of fused-ring (bicyclic) bond motifs is 1. The van der Waals surface area contributed by atoms with E-state index < -0.39 is 0 Å². The topological polar surface area (TPSA) is 37.3 Å². The van der Waals surface area contributed by atoms with E-state index in [-0.39, 0.29) is 17.4 Å². The van der Waals surface area contributed by atoms with Gasteiger partial charge in [0.1, 0.15) is 6.29 Å². The molecule has 0 heterocycles. The Hall–Kier alpha value is -0.630. The van der Waals surface area contributed by atoms with Crippen molar-refractivity contribution in [3.8, 4) is 0 Å². The van der Waals surface area contributed by atoms with Gasteiger partial charge in [-0.15, -0.1) is 0 Å². The molecule has 5 atom stereocenters. The van der Waals surface area contributed by atoms with Crippen molar-refractivity contribution in [2.24, 2.45) is 28.6 Å². The molecule has 0 aromatic heterocycles. The molecular formula is C20H34O2. The Balaban J connectivity index is 2.17. The Labute approximate surface area is 136 Å². The molecule has 2 nitrogen and oxygen atoms in total. The molecule has 126 valence electrons. The van der Waals surface area contributed by atoms with Crippen LogP contribution in [0.5, 0.6) is 0 Å². The summed E-state index contributed by atoms with van der Waals surface area (Å²) in [7, 11) is 0. The van der Waals surface area contributed by atoms with E-state index in [4.69, 9.17) is 5.11 Å². The summed E-state index contributed by atoms with van der Waals surface area (Å²) in [6.45, 7) is 11.5. The summed E-state index contributed by atoms with van der Waals surface area (Å²) in [6, 6.07) is 0. The van der Waals surface area contributed by atoms with Gasteiger partial charge in [-0.2, -0.15) is 0 Å². The Morgan fingerprint density at radius 3 is 2.73 bits per heavy atom. The molecule has 2 fully saturated rings. The lowest BCUT2D eigenvalue weighted by atomic mass is 9.47. The van der Waals surface area contributed by atoms with Gasteiger partial charge in [0.25, 0.3) is 0 Å². The van der Waals surface area contributed by atoms with Crippen LogP contribution in [0.25, 0.3) is 0 Å². The lowest BCUT2D eigenvalue weighted by molar-refractivity contribution is -0.130. The first kappa shape index (κ1) is 17.7. The maximum absolute atomic E-state index is 11.8. The molecular weight excluding hydrogens is 272 g/mol. The van der Waals surface area contributed by atoms with Gasteiger partial charge < -0.3 is 9.90 Å². The Kier molecular flexibility index (Phi) is 5.53. The average Bonchev–Trinajstić information content (AvgIpc) is 2.46. The highest BCUT2D eigenvalue weighted by Crippen LogP contribution is 2.61. The predicted octanol–water partition coefficient (Wildman–Crippen LogP) is 4.76. The van der Waals surface area contributed by atoms with Gasteiger partial charge in [-0.05, 0) is 61.7 Å². The smallest absolute Gasteiger partial charge is 0.126 e. The molecule has 0 saturated heterocycles. The highest BCUT2D eigenvalue weighted by Gasteiger charge is 2.54. The SMILES string of the molecule is C=C1CC[C@@H]2[C@](C)(CCC[C@]2(C)C=O)[C@@H]1CC[C@H](C)CCO. The molecule has 0 unspecified atom stereocenters. The Morgan fingerprint density at radius 2 is 2.09 bits per heavy atom. The number of hydrogen-bond donors (Lipinski definition) is 1. The fraction of sp³-hybridized carbons (Fsp3) is 0.850. The van der Waals surface area contributed by atoms with Crippen molar-refractivity contribution in [3.63, 3.8) is 0 Å². The van der Waals surface area contributed by atoms with Crippen molar-refractivity contribution in [1.29, 1.82) is 0 Å². The summed E-state index contributed by atoms with van der Waals surface area (Å²) in [4.78, 5) is 11.8. The largest absolute Gasteiger partial charge is 0.396 e. The molecule has 2 aliphatic rings. The Bertz CT molecular complexity index is 416. The molecule has 0 aliphatic heterocycles. The zero-order chi connectivity index (χ0) is 16.4. The lowest BCUT2D eigenvalue weighted by Crippen LogP contribution is -2.51. The van der Waals surface area contributed by atoms with E-state index in [1.54, 1.807) is 0 Å². The number of aliphatic hydroxyl groups excluding tert-OH is 1. The zero-order valence-corrected chi connectivity index (χ0v) is 14.7. The number of hydrogen-bond acceptors (Lipinski definition) is 2. The second-order valence-corrected chi connectivity index (χ2v) is 8.48. The number of allylic oxidation sites excluding steroid dienone is 1. The highest BCUT2D eigenvalue weighted by molar-refractivity contribution is 5.60. The molecule has 2 saturated carbocycles. The summed E-state index contributed by atoms with van der Waals surface area (Å²) in [5.74, 6) is 1.63. The minimum absolute atomic E-state index is 0.136. The van der Waals surface area contributed by atoms with Crippen molar-refractivity contribution in [1.82, 2.24) is 0 Å². The molecule has 0 aromatic rings. The first-order valence-electron chi connectivity index (χ1n) is 9.12. The van der Waals surface area contributed by atoms with Gasteiger partial charge in [0.05, 0.1) is 0 Å². The van der Waals surface area contributed by atoms with E-state index in [0.29, 0.717) is 17.8 Å². The summed E-state index contributed by atoms with van der Waals surface area (Å²) in [5, 5.41) is 9.11. The quantitative estimate of drug-likeness (QED) is 0.567. The Morgan fingerprint density at radius 1 is 1.36 bits per heavy atom. The van der Waals surface area contributed by atoms with E-state index in [9.17, 15) is 4.79 Å². The van der Waals surface area contributed by atoms with Crippen molar-refractivity contribution < 1.29 is 9.90 Å². The third-order valence-corrected chi connectivity index (χ3v) is 6.91. The molecule has 0 aromatic carbocycles. The molecule has 0 radical (unpaired) electrons. The van der Waals surface area contributed by atoms with E-state index >= 15 is 0 Å². The van der Waals surface area contributed by atoms with Crippen molar-refractivity contribution in [3.05, 3.63) is 12.2 Å². The normalized spacial score (nSPS) is 40.1. The van der Waals surface area contributed by atoms with E-state index in [1.807, 2.05) is 0 Å². The summed E-state index contributed by atoms with van der Waals surface area (Å²) >= 11 is 0. The standard InChI is InChI=1S/C20H34O2/c1-15(10-13-21)6-8-17-16(2)7-9-18-19(3,14-22)11-5-12-20(17,18)4/h14-15,17-18,21H,2,5-13H2,1,3-4H3/t15-,17+,18-,19+,20+/m0/s1. The summed E-state index contributed by atoms with van der Waals surface area (Å²) < 4.78 is 0. The van der Waals surface area contributed by atoms with Crippen LogP contribution in [-0.2, 0) is 4.79 Å². The van der Waals surface area contributed by atoms with Crippen molar-refractivity contribution >= 4 is 6.29 Å². The van der Waals surface area contributed by atoms with Crippen LogP contribution in [0.4, 0.5) is 0 Å². The molecule has 1 N–H and O–H groups in total. The van der Waals surface area contributed by atoms with Crippen molar-refractivity contribution in [2.75, 3.05) is 6.61 Å². The molecule has 2 heteroatoms. The number of rotatable bonds is 6. The minimum atomic E-state index is -0.136. The van der Waals surface area contributed by atoms with Gasteiger partial charge in [0.2, 0.25) is 0 Å². The van der Waals surface area contributed by atoms with Crippen LogP contribution in [0.2, 0.25) is 0 Å². The highest BCUT2D eigenvalue weighted by atomic mass is 16.3. The molecule has 0 amide bonds. The van der Waals surface area contributed by atoms with Crippen LogP contribution in [0.15, 0.2) is 12.2 Å². The second kappa shape index (κ2) is 6.86. The van der Waals surface area contributed by atoms with Gasteiger partial charge >= 0.3 is 0 Å². The third kappa shape index (κ3) is 3.18. The molecule has 2 aliphatic carbocycles. The number of carbonyl (C=O) groups is 1. The maximum Gasteiger partial charge on any atom is 0.126 e. The average molecular weight is 306 g/mol. The number of aliphatic hydroxyl groups is 1. The van der Waals surface area contributed by atoms with Crippen molar-refractivity contribution in [2.45, 2.75) is 72.1 Å². The number of aldehydes is 1. The first-order valence-corrected chi connectivity index (χ1v) is 9.12. The zero-order valence-electron chi connectivity index (χ0n) is 14.7. The molecule has 2 rings (SSSR count). The lowest BCUT2D eigenvalue weighted by Gasteiger charge is -2.57. The van der Waals surface area contributed by atoms with Gasteiger partial charge in [-0.3, -0.25) is 0 Å². The van der Waals surface area contributed by atoms with E-state index in [2.05, 4.69) is 27.4 Å². The van der Waals surface area contributed by atoms with Gasteiger partial charge in [0.15, 0.2) is 0 Å². The van der Waals surface area contributed by atoms with E-state index in [0.717, 1.165) is 38.5 Å². The maximum atomic E-state index is 11.8. The minimum Gasteiger partial charge on any atom is -0.396 e. The second-order valence-electron chi connectivity index (χ2n) is 8.48. The predicted molar refractivity (Wildman–Crippen MR) is 91.6 cm³/mol. The fourth-order valence-electron chi connectivity index (χ4n) is 5.49.